The molecule has 3 heteroatoms. The van der Waals surface area contributed by atoms with Gasteiger partial charge in [0.15, 0.2) is 0 Å². The highest BCUT2D eigenvalue weighted by molar-refractivity contribution is 6.35. The summed E-state index contributed by atoms with van der Waals surface area (Å²) in [5.41, 5.74) is 3.00. The fourth-order valence-electron chi connectivity index (χ4n) is 2.02. The van der Waals surface area contributed by atoms with E-state index in [4.69, 9.17) is 0 Å². The largest absolute Gasteiger partial charge is 0.463 e. The Morgan fingerprint density at radius 1 is 0.900 bits per heavy atom. The molecular weight excluding hydrogens is 252 g/mol. The van der Waals surface area contributed by atoms with E-state index in [0.717, 1.165) is 16.7 Å². The van der Waals surface area contributed by atoms with Gasteiger partial charge in [-0.1, -0.05) is 61.5 Å². The van der Waals surface area contributed by atoms with Crippen molar-refractivity contribution in [1.29, 1.82) is 0 Å². The summed E-state index contributed by atoms with van der Waals surface area (Å²) in [7, 11) is 1.21. The van der Waals surface area contributed by atoms with E-state index in [1.54, 1.807) is 6.92 Å². The van der Waals surface area contributed by atoms with Crippen LogP contribution in [0.2, 0.25) is 0 Å². The maximum atomic E-state index is 11.8. The fraction of sp³-hybridized carbons (Fsp3) is 0.176. The highest BCUT2D eigenvalue weighted by Gasteiger charge is 2.23. The number of carbonyl (C=O) groups excluding carboxylic acids is 2. The second-order valence-corrected chi connectivity index (χ2v) is 4.57. The minimum atomic E-state index is -0.801. The van der Waals surface area contributed by atoms with Crippen LogP contribution in [0.4, 0.5) is 0 Å². The van der Waals surface area contributed by atoms with Crippen molar-refractivity contribution in [2.75, 3.05) is 7.11 Å². The number of methoxy groups -OCH3 is 1. The fourth-order valence-corrected chi connectivity index (χ4v) is 2.02. The van der Waals surface area contributed by atoms with Crippen molar-refractivity contribution in [2.24, 2.45) is 0 Å². The molecule has 102 valence electrons. The molecule has 0 unspecified atom stereocenters. The van der Waals surface area contributed by atoms with Gasteiger partial charge in [0.05, 0.1) is 13.0 Å². The molecule has 0 saturated carbocycles. The molecule has 2 aromatic carbocycles. The van der Waals surface area contributed by atoms with E-state index >= 15 is 0 Å². The molecule has 20 heavy (non-hydrogen) atoms. The lowest BCUT2D eigenvalue weighted by Gasteiger charge is -2.10. The van der Waals surface area contributed by atoms with Crippen molar-refractivity contribution < 1.29 is 14.3 Å². The molecule has 1 atom stereocenters. The van der Waals surface area contributed by atoms with E-state index in [1.165, 1.54) is 7.11 Å². The van der Waals surface area contributed by atoms with Crippen molar-refractivity contribution in [3.8, 4) is 11.1 Å². The number of hydrogen-bond donors (Lipinski definition) is 0. The number of rotatable bonds is 4. The van der Waals surface area contributed by atoms with Gasteiger partial charge in [-0.25, -0.2) is 4.79 Å². The van der Waals surface area contributed by atoms with Gasteiger partial charge in [-0.05, 0) is 16.7 Å². The molecule has 0 aliphatic rings. The second-order valence-electron chi connectivity index (χ2n) is 4.57. The lowest BCUT2D eigenvalue weighted by Crippen LogP contribution is -2.21. The summed E-state index contributed by atoms with van der Waals surface area (Å²) in [5, 5.41) is 0. The summed E-state index contributed by atoms with van der Waals surface area (Å²) in [6, 6.07) is 17.6. The molecule has 3 nitrogen and oxygen atoms in total. The molecular formula is C17H16O3. The zero-order chi connectivity index (χ0) is 14.5. The smallest absolute Gasteiger partial charge is 0.374 e. The molecule has 0 radical (unpaired) electrons. The zero-order valence-electron chi connectivity index (χ0n) is 11.5. The minimum Gasteiger partial charge on any atom is -0.463 e. The molecule has 0 heterocycles. The first-order valence-corrected chi connectivity index (χ1v) is 6.41. The van der Waals surface area contributed by atoms with Gasteiger partial charge in [-0.2, -0.15) is 0 Å². The quantitative estimate of drug-likeness (QED) is 0.631. The standard InChI is InChI=1S/C17H16O3/c1-12(16(18)17(19)20-2)13-8-10-15(11-9-13)14-6-4-3-5-7-14/h3-12H,1-2H3/t12-/m0/s1. The van der Waals surface area contributed by atoms with E-state index in [-0.39, 0.29) is 0 Å². The van der Waals surface area contributed by atoms with Gasteiger partial charge in [0, 0.05) is 0 Å². The van der Waals surface area contributed by atoms with E-state index < -0.39 is 17.7 Å². The van der Waals surface area contributed by atoms with Crippen molar-refractivity contribution >= 4 is 11.8 Å². The van der Waals surface area contributed by atoms with Crippen LogP contribution in [0.1, 0.15) is 18.4 Å². The Hall–Kier alpha value is -2.42. The normalized spacial score (nSPS) is 11.7. The van der Waals surface area contributed by atoms with Gasteiger partial charge in [-0.15, -0.1) is 0 Å². The first-order chi connectivity index (χ1) is 9.63. The summed E-state index contributed by atoms with van der Waals surface area (Å²) in [6.45, 7) is 1.71. The second kappa shape index (κ2) is 6.15. The molecule has 0 bridgehead atoms. The molecule has 0 aliphatic heterocycles. The highest BCUT2D eigenvalue weighted by atomic mass is 16.5. The third-order valence-corrected chi connectivity index (χ3v) is 3.30. The van der Waals surface area contributed by atoms with E-state index in [2.05, 4.69) is 4.74 Å². The average Bonchev–Trinajstić information content (AvgIpc) is 2.53. The molecule has 0 spiro atoms. The summed E-state index contributed by atoms with van der Waals surface area (Å²) < 4.78 is 4.46. The predicted molar refractivity (Wildman–Crippen MR) is 77.3 cm³/mol. The molecule has 2 aromatic rings. The number of ether oxygens (including phenoxy) is 1. The van der Waals surface area contributed by atoms with Crippen molar-refractivity contribution in [1.82, 2.24) is 0 Å². The number of Topliss-reactive ketones (excluding diaryl/α,β-unsaturated/α-hetero) is 1. The summed E-state index contributed by atoms with van der Waals surface area (Å²) in [4.78, 5) is 23.0. The van der Waals surface area contributed by atoms with Crippen LogP contribution in [-0.4, -0.2) is 18.9 Å². The highest BCUT2D eigenvalue weighted by Crippen LogP contribution is 2.23. The zero-order valence-corrected chi connectivity index (χ0v) is 11.5. The molecule has 0 amide bonds. The maximum Gasteiger partial charge on any atom is 0.374 e. The Labute approximate surface area is 118 Å². The number of carbonyl (C=O) groups is 2. The van der Waals surface area contributed by atoms with Crippen LogP contribution < -0.4 is 0 Å². The first kappa shape index (κ1) is 14.0. The summed E-state index contributed by atoms with van der Waals surface area (Å²) in [5.74, 6) is -1.82. The number of esters is 1. The average molecular weight is 268 g/mol. The van der Waals surface area contributed by atoms with Gasteiger partial charge < -0.3 is 4.74 Å². The van der Waals surface area contributed by atoms with Crippen LogP contribution in [0, 0.1) is 0 Å². The van der Waals surface area contributed by atoms with Gasteiger partial charge in [0.2, 0.25) is 5.78 Å². The Morgan fingerprint density at radius 3 is 2.00 bits per heavy atom. The number of hydrogen-bond acceptors (Lipinski definition) is 3. The van der Waals surface area contributed by atoms with Gasteiger partial charge in [0.25, 0.3) is 0 Å². The maximum absolute atomic E-state index is 11.8. The third kappa shape index (κ3) is 2.94. The van der Waals surface area contributed by atoms with Crippen LogP contribution in [0.5, 0.6) is 0 Å². The molecule has 0 aliphatic carbocycles. The Bertz CT molecular complexity index is 600. The van der Waals surface area contributed by atoms with Gasteiger partial charge in [-0.3, -0.25) is 4.79 Å². The number of ketones is 1. The van der Waals surface area contributed by atoms with E-state index in [1.807, 2.05) is 54.6 Å². The Morgan fingerprint density at radius 2 is 1.45 bits per heavy atom. The third-order valence-electron chi connectivity index (χ3n) is 3.30. The first-order valence-electron chi connectivity index (χ1n) is 6.41. The van der Waals surface area contributed by atoms with Crippen molar-refractivity contribution in [2.45, 2.75) is 12.8 Å². The SMILES string of the molecule is COC(=O)C(=O)[C@@H](C)c1ccc(-c2ccccc2)cc1. The summed E-state index contributed by atoms with van der Waals surface area (Å²) >= 11 is 0. The number of benzene rings is 2. The van der Waals surface area contributed by atoms with Gasteiger partial charge >= 0.3 is 5.97 Å². The monoisotopic (exact) mass is 268 g/mol. The molecule has 0 N–H and O–H groups in total. The van der Waals surface area contributed by atoms with E-state index in [0.29, 0.717) is 0 Å². The molecule has 0 saturated heterocycles. The Kier molecular flexibility index (Phi) is 4.31. The van der Waals surface area contributed by atoms with Crippen molar-refractivity contribution in [3.63, 3.8) is 0 Å². The van der Waals surface area contributed by atoms with Crippen LogP contribution in [0.25, 0.3) is 11.1 Å². The molecule has 0 fully saturated rings. The van der Waals surface area contributed by atoms with Crippen LogP contribution in [-0.2, 0) is 14.3 Å². The minimum absolute atomic E-state index is 0.493. The topological polar surface area (TPSA) is 43.4 Å². The van der Waals surface area contributed by atoms with Crippen LogP contribution in [0.3, 0.4) is 0 Å². The molecule has 0 aromatic heterocycles. The Balaban J connectivity index is 2.20. The van der Waals surface area contributed by atoms with Crippen LogP contribution in [0.15, 0.2) is 54.6 Å². The molecule has 2 rings (SSSR count). The summed E-state index contributed by atoms with van der Waals surface area (Å²) in [6.07, 6.45) is 0. The van der Waals surface area contributed by atoms with Crippen molar-refractivity contribution in [3.05, 3.63) is 60.2 Å². The van der Waals surface area contributed by atoms with Crippen LogP contribution >= 0.6 is 0 Å². The predicted octanol–water partition coefficient (Wildman–Crippen LogP) is 3.20. The lowest BCUT2D eigenvalue weighted by molar-refractivity contribution is -0.152. The van der Waals surface area contributed by atoms with Gasteiger partial charge in [0.1, 0.15) is 0 Å². The lowest BCUT2D eigenvalue weighted by atomic mass is 9.94. The van der Waals surface area contributed by atoms with E-state index in [9.17, 15) is 9.59 Å².